The first-order valence-corrected chi connectivity index (χ1v) is 7.31. The zero-order chi connectivity index (χ0) is 15.2. The molecule has 0 bridgehead atoms. The van der Waals surface area contributed by atoms with Crippen molar-refractivity contribution in [2.75, 3.05) is 25.5 Å². The van der Waals surface area contributed by atoms with E-state index < -0.39 is 0 Å². The molecule has 0 aliphatic heterocycles. The second kappa shape index (κ2) is 6.97. The number of thiazole rings is 1. The standard InChI is InChI=1S/C15H16N4OS/c1-18(10-13-5-3-4-12(8-13)9-16)11-14(20)19(2)15-17-6-7-21-15/h3-8H,10-11H2,1-2H3. The van der Waals surface area contributed by atoms with E-state index in [1.54, 1.807) is 24.2 Å². The summed E-state index contributed by atoms with van der Waals surface area (Å²) in [5, 5.41) is 11.4. The van der Waals surface area contributed by atoms with E-state index in [0.717, 1.165) is 5.56 Å². The molecule has 108 valence electrons. The van der Waals surface area contributed by atoms with E-state index >= 15 is 0 Å². The number of rotatable bonds is 5. The van der Waals surface area contributed by atoms with Gasteiger partial charge in [0, 0.05) is 25.2 Å². The van der Waals surface area contributed by atoms with Crippen molar-refractivity contribution in [3.63, 3.8) is 0 Å². The van der Waals surface area contributed by atoms with Gasteiger partial charge in [-0.05, 0) is 24.7 Å². The third kappa shape index (κ3) is 4.12. The second-order valence-electron chi connectivity index (χ2n) is 4.75. The summed E-state index contributed by atoms with van der Waals surface area (Å²) in [7, 11) is 3.61. The molecule has 21 heavy (non-hydrogen) atoms. The molecular formula is C15H16N4OS. The smallest absolute Gasteiger partial charge is 0.242 e. The average molecular weight is 300 g/mol. The molecule has 0 atom stereocenters. The van der Waals surface area contributed by atoms with Crippen molar-refractivity contribution in [1.82, 2.24) is 9.88 Å². The maximum atomic E-state index is 12.2. The lowest BCUT2D eigenvalue weighted by atomic mass is 10.1. The van der Waals surface area contributed by atoms with Crippen LogP contribution in [-0.2, 0) is 11.3 Å². The number of carbonyl (C=O) groups is 1. The number of hydrogen-bond acceptors (Lipinski definition) is 5. The zero-order valence-electron chi connectivity index (χ0n) is 12.0. The maximum Gasteiger partial charge on any atom is 0.242 e. The molecular weight excluding hydrogens is 284 g/mol. The molecule has 0 radical (unpaired) electrons. The Morgan fingerprint density at radius 1 is 1.43 bits per heavy atom. The fourth-order valence-corrected chi connectivity index (χ4v) is 2.56. The predicted molar refractivity (Wildman–Crippen MR) is 83.0 cm³/mol. The number of anilines is 1. The van der Waals surface area contributed by atoms with Crippen LogP contribution in [0.5, 0.6) is 0 Å². The lowest BCUT2D eigenvalue weighted by Crippen LogP contribution is -2.36. The van der Waals surface area contributed by atoms with Crippen molar-refractivity contribution in [3.8, 4) is 6.07 Å². The highest BCUT2D eigenvalue weighted by atomic mass is 32.1. The van der Waals surface area contributed by atoms with E-state index in [4.69, 9.17) is 5.26 Å². The lowest BCUT2D eigenvalue weighted by Gasteiger charge is -2.20. The molecule has 0 saturated heterocycles. The number of amides is 1. The van der Waals surface area contributed by atoms with E-state index in [0.29, 0.717) is 23.8 Å². The molecule has 1 heterocycles. The summed E-state index contributed by atoms with van der Waals surface area (Å²) in [6, 6.07) is 9.53. The number of nitriles is 1. The third-order valence-electron chi connectivity index (χ3n) is 2.99. The van der Waals surface area contributed by atoms with Crippen LogP contribution in [0.4, 0.5) is 5.13 Å². The molecule has 0 spiro atoms. The van der Waals surface area contributed by atoms with Crippen LogP contribution in [-0.4, -0.2) is 36.4 Å². The van der Waals surface area contributed by atoms with Gasteiger partial charge in [-0.1, -0.05) is 12.1 Å². The number of benzene rings is 1. The van der Waals surface area contributed by atoms with E-state index in [9.17, 15) is 4.79 Å². The average Bonchev–Trinajstić information content (AvgIpc) is 3.00. The SMILES string of the molecule is CN(CC(=O)N(C)c1nccs1)Cc1cccc(C#N)c1. The van der Waals surface area contributed by atoms with Crippen molar-refractivity contribution in [1.29, 1.82) is 5.26 Å². The van der Waals surface area contributed by atoms with Gasteiger partial charge in [0.15, 0.2) is 5.13 Å². The second-order valence-corrected chi connectivity index (χ2v) is 5.62. The summed E-state index contributed by atoms with van der Waals surface area (Å²) in [6.07, 6.45) is 1.68. The van der Waals surface area contributed by atoms with Gasteiger partial charge in [-0.3, -0.25) is 14.6 Å². The Morgan fingerprint density at radius 3 is 2.90 bits per heavy atom. The van der Waals surface area contributed by atoms with Crippen LogP contribution < -0.4 is 4.90 Å². The highest BCUT2D eigenvalue weighted by Crippen LogP contribution is 2.15. The molecule has 1 aromatic heterocycles. The van der Waals surface area contributed by atoms with E-state index in [-0.39, 0.29) is 5.91 Å². The molecule has 1 amide bonds. The van der Waals surface area contributed by atoms with Gasteiger partial charge in [0.1, 0.15) is 0 Å². The zero-order valence-corrected chi connectivity index (χ0v) is 12.8. The fourth-order valence-electron chi connectivity index (χ4n) is 1.93. The summed E-state index contributed by atoms with van der Waals surface area (Å²) < 4.78 is 0. The minimum absolute atomic E-state index is 0.0103. The topological polar surface area (TPSA) is 60.2 Å². The van der Waals surface area contributed by atoms with Gasteiger partial charge < -0.3 is 0 Å². The largest absolute Gasteiger partial charge is 0.293 e. The van der Waals surface area contributed by atoms with Crippen LogP contribution >= 0.6 is 11.3 Å². The van der Waals surface area contributed by atoms with Crippen molar-refractivity contribution >= 4 is 22.4 Å². The summed E-state index contributed by atoms with van der Waals surface area (Å²) in [6.45, 7) is 0.916. The Hall–Kier alpha value is -2.23. The van der Waals surface area contributed by atoms with Crippen LogP contribution in [0.25, 0.3) is 0 Å². The summed E-state index contributed by atoms with van der Waals surface area (Å²) in [5.41, 5.74) is 1.65. The van der Waals surface area contributed by atoms with E-state index in [1.165, 1.54) is 11.3 Å². The highest BCUT2D eigenvalue weighted by molar-refractivity contribution is 7.13. The third-order valence-corrected chi connectivity index (χ3v) is 3.84. The molecule has 1 aromatic carbocycles. The monoisotopic (exact) mass is 300 g/mol. The summed E-state index contributed by atoms with van der Waals surface area (Å²) in [5.74, 6) is -0.0103. The van der Waals surface area contributed by atoms with Crippen LogP contribution in [0.2, 0.25) is 0 Å². The van der Waals surface area contributed by atoms with Crippen molar-refractivity contribution in [3.05, 3.63) is 47.0 Å². The first-order chi connectivity index (χ1) is 10.1. The van der Waals surface area contributed by atoms with Crippen molar-refractivity contribution < 1.29 is 4.79 Å². The molecule has 0 aliphatic carbocycles. The first kappa shape index (κ1) is 15.2. The molecule has 0 unspecified atom stereocenters. The molecule has 0 saturated carbocycles. The van der Waals surface area contributed by atoms with Gasteiger partial charge in [-0.25, -0.2) is 4.98 Å². The van der Waals surface area contributed by atoms with Gasteiger partial charge in [0.2, 0.25) is 5.91 Å². The Bertz CT molecular complexity index is 648. The molecule has 0 aliphatic rings. The van der Waals surface area contributed by atoms with Gasteiger partial charge in [-0.2, -0.15) is 5.26 Å². The highest BCUT2D eigenvalue weighted by Gasteiger charge is 2.15. The van der Waals surface area contributed by atoms with Crippen LogP contribution in [0.15, 0.2) is 35.8 Å². The lowest BCUT2D eigenvalue weighted by molar-refractivity contribution is -0.119. The van der Waals surface area contributed by atoms with E-state index in [1.807, 2.05) is 35.5 Å². The molecule has 2 aromatic rings. The molecule has 2 rings (SSSR count). The number of carbonyl (C=O) groups excluding carboxylic acids is 1. The number of hydrogen-bond donors (Lipinski definition) is 0. The molecule has 0 N–H and O–H groups in total. The van der Waals surface area contributed by atoms with Crippen LogP contribution in [0, 0.1) is 11.3 Å². The summed E-state index contributed by atoms with van der Waals surface area (Å²) in [4.78, 5) is 19.8. The summed E-state index contributed by atoms with van der Waals surface area (Å²) >= 11 is 1.43. The maximum absolute atomic E-state index is 12.2. The Morgan fingerprint density at radius 2 is 2.24 bits per heavy atom. The van der Waals surface area contributed by atoms with Crippen LogP contribution in [0.3, 0.4) is 0 Å². The first-order valence-electron chi connectivity index (χ1n) is 6.44. The van der Waals surface area contributed by atoms with Gasteiger partial charge in [0.25, 0.3) is 0 Å². The minimum Gasteiger partial charge on any atom is -0.293 e. The van der Waals surface area contributed by atoms with Gasteiger partial charge >= 0.3 is 0 Å². The Balaban J connectivity index is 1.93. The normalized spacial score (nSPS) is 10.4. The number of nitrogens with zero attached hydrogens (tertiary/aromatic N) is 4. The van der Waals surface area contributed by atoms with Crippen molar-refractivity contribution in [2.24, 2.45) is 0 Å². The molecule has 6 heteroatoms. The molecule has 5 nitrogen and oxygen atoms in total. The number of aromatic nitrogens is 1. The minimum atomic E-state index is -0.0103. The van der Waals surface area contributed by atoms with Gasteiger partial charge in [-0.15, -0.1) is 11.3 Å². The Labute approximate surface area is 128 Å². The van der Waals surface area contributed by atoms with Crippen LogP contribution in [0.1, 0.15) is 11.1 Å². The predicted octanol–water partition coefficient (Wildman–Crippen LogP) is 2.11. The Kier molecular flexibility index (Phi) is 5.04. The van der Waals surface area contributed by atoms with Crippen molar-refractivity contribution in [2.45, 2.75) is 6.54 Å². The quantitative estimate of drug-likeness (QED) is 0.848. The number of likely N-dealkylation sites (N-methyl/N-ethyl adjacent to an activating group) is 2. The molecule has 0 fully saturated rings. The van der Waals surface area contributed by atoms with Gasteiger partial charge in [0.05, 0.1) is 18.2 Å². The van der Waals surface area contributed by atoms with E-state index in [2.05, 4.69) is 11.1 Å². The fraction of sp³-hybridized carbons (Fsp3) is 0.267.